The monoisotopic (exact) mass is 370 g/mol. The molecule has 0 aliphatic carbocycles. The van der Waals surface area contributed by atoms with Crippen molar-refractivity contribution < 1.29 is 9.21 Å². The Kier molecular flexibility index (Phi) is 4.72. The second-order valence-corrected chi connectivity index (χ2v) is 7.67. The Morgan fingerprint density at radius 1 is 1.31 bits per heavy atom. The molecule has 1 fully saturated rings. The number of benzene rings is 1. The number of likely N-dealkylation sites (tertiary alicyclic amines) is 1. The summed E-state index contributed by atoms with van der Waals surface area (Å²) < 4.78 is 7.83. The lowest BCUT2D eigenvalue weighted by molar-refractivity contribution is -0.131. The molecule has 136 valence electrons. The maximum Gasteiger partial charge on any atom is 0.277 e. The molecule has 1 atom stereocenters. The van der Waals surface area contributed by atoms with Gasteiger partial charge in [-0.2, -0.15) is 0 Å². The predicted molar refractivity (Wildman–Crippen MR) is 102 cm³/mol. The number of amides is 1. The van der Waals surface area contributed by atoms with Crippen LogP contribution < -0.4 is 0 Å². The van der Waals surface area contributed by atoms with Crippen molar-refractivity contribution in [2.75, 3.05) is 12.3 Å². The molecule has 7 heteroatoms. The Hall–Kier alpha value is -2.28. The van der Waals surface area contributed by atoms with Gasteiger partial charge >= 0.3 is 0 Å². The molecule has 2 aromatic heterocycles. The highest BCUT2D eigenvalue weighted by molar-refractivity contribution is 7.99. The van der Waals surface area contributed by atoms with Gasteiger partial charge in [-0.3, -0.25) is 4.79 Å². The summed E-state index contributed by atoms with van der Waals surface area (Å²) in [7, 11) is 1.98. The highest BCUT2D eigenvalue weighted by Crippen LogP contribution is 2.28. The number of rotatable bonds is 4. The molecule has 4 rings (SSSR count). The van der Waals surface area contributed by atoms with Crippen LogP contribution in [0.3, 0.4) is 0 Å². The van der Waals surface area contributed by atoms with Crippen LogP contribution in [0, 0.1) is 0 Å². The minimum atomic E-state index is 0.145. The number of aromatic nitrogens is 3. The lowest BCUT2D eigenvalue weighted by Crippen LogP contribution is -2.42. The molecular weight excluding hydrogens is 348 g/mol. The first kappa shape index (κ1) is 17.1. The van der Waals surface area contributed by atoms with Gasteiger partial charge in [-0.25, -0.2) is 0 Å². The highest BCUT2D eigenvalue weighted by atomic mass is 32.2. The Morgan fingerprint density at radius 3 is 2.96 bits per heavy atom. The molecule has 3 heterocycles. The van der Waals surface area contributed by atoms with Crippen LogP contribution >= 0.6 is 11.8 Å². The minimum Gasteiger partial charge on any atom is -0.410 e. The second kappa shape index (κ2) is 7.15. The van der Waals surface area contributed by atoms with Crippen LogP contribution in [0.4, 0.5) is 0 Å². The van der Waals surface area contributed by atoms with Crippen LogP contribution in [-0.4, -0.2) is 43.9 Å². The number of hydrogen-bond donors (Lipinski definition) is 0. The van der Waals surface area contributed by atoms with Crippen LogP contribution in [-0.2, 0) is 11.8 Å². The third kappa shape index (κ3) is 3.23. The maximum absolute atomic E-state index is 12.4. The van der Waals surface area contributed by atoms with Crippen LogP contribution in [0.15, 0.2) is 40.0 Å². The number of para-hydroxylation sites is 1. The van der Waals surface area contributed by atoms with Gasteiger partial charge in [0.1, 0.15) is 5.69 Å². The van der Waals surface area contributed by atoms with Crippen molar-refractivity contribution in [1.29, 1.82) is 0 Å². The third-order valence-corrected chi connectivity index (χ3v) is 5.82. The van der Waals surface area contributed by atoms with Crippen molar-refractivity contribution in [3.63, 3.8) is 0 Å². The first-order valence-electron chi connectivity index (χ1n) is 8.94. The number of hydrogen-bond acceptors (Lipinski definition) is 5. The molecule has 0 N–H and O–H groups in total. The van der Waals surface area contributed by atoms with Crippen molar-refractivity contribution in [2.24, 2.45) is 7.05 Å². The van der Waals surface area contributed by atoms with E-state index in [1.165, 1.54) is 18.2 Å². The lowest BCUT2D eigenvalue weighted by atomic mass is 10.0. The predicted octanol–water partition coefficient (Wildman–Crippen LogP) is 3.72. The number of fused-ring (bicyclic) bond motifs is 1. The van der Waals surface area contributed by atoms with Crippen LogP contribution in [0.1, 0.15) is 26.2 Å². The molecular formula is C19H22N4O2S. The number of aryl methyl sites for hydroxylation is 1. The maximum atomic E-state index is 12.4. The van der Waals surface area contributed by atoms with Crippen molar-refractivity contribution >= 4 is 28.6 Å². The largest absolute Gasteiger partial charge is 0.410 e. The normalized spacial score (nSPS) is 17.8. The molecule has 0 radical (unpaired) electrons. The number of carbonyl (C=O) groups is 1. The summed E-state index contributed by atoms with van der Waals surface area (Å²) in [5.74, 6) is 0.956. The average molecular weight is 370 g/mol. The van der Waals surface area contributed by atoms with Gasteiger partial charge in [0.15, 0.2) is 0 Å². The number of piperidine rings is 1. The topological polar surface area (TPSA) is 64.2 Å². The molecule has 3 aromatic rings. The average Bonchev–Trinajstić information content (AvgIpc) is 3.25. The van der Waals surface area contributed by atoms with E-state index in [9.17, 15) is 4.79 Å². The zero-order valence-electron chi connectivity index (χ0n) is 15.0. The van der Waals surface area contributed by atoms with Gasteiger partial charge in [0.2, 0.25) is 5.91 Å². The zero-order chi connectivity index (χ0) is 18.1. The zero-order valence-corrected chi connectivity index (χ0v) is 15.8. The molecule has 1 aromatic carbocycles. The summed E-state index contributed by atoms with van der Waals surface area (Å²) in [5, 5.41) is 9.83. The Morgan fingerprint density at radius 2 is 2.15 bits per heavy atom. The van der Waals surface area contributed by atoms with Gasteiger partial charge in [0.05, 0.1) is 5.75 Å². The SMILES string of the molecule is C[C@@H]1CCCCN1C(=O)CSc1nnc(-c2cc3ccccc3n2C)o1. The van der Waals surface area contributed by atoms with Crippen LogP contribution in [0.2, 0.25) is 0 Å². The third-order valence-electron chi connectivity index (χ3n) is 5.02. The van der Waals surface area contributed by atoms with E-state index < -0.39 is 0 Å². The summed E-state index contributed by atoms with van der Waals surface area (Å²) in [5.41, 5.74) is 1.99. The van der Waals surface area contributed by atoms with E-state index in [4.69, 9.17) is 4.42 Å². The molecule has 1 aliphatic heterocycles. The first-order valence-corrected chi connectivity index (χ1v) is 9.92. The van der Waals surface area contributed by atoms with E-state index in [0.29, 0.717) is 22.9 Å². The van der Waals surface area contributed by atoms with E-state index in [1.54, 1.807) is 0 Å². The van der Waals surface area contributed by atoms with Crippen LogP contribution in [0.5, 0.6) is 0 Å². The number of carbonyl (C=O) groups excluding carboxylic acids is 1. The van der Waals surface area contributed by atoms with Crippen LogP contribution in [0.25, 0.3) is 22.5 Å². The summed E-state index contributed by atoms with van der Waals surface area (Å²) in [6, 6.07) is 10.5. The van der Waals surface area contributed by atoms with Crippen molar-refractivity contribution in [1.82, 2.24) is 19.7 Å². The summed E-state index contributed by atoms with van der Waals surface area (Å²) in [6.07, 6.45) is 3.38. The Balaban J connectivity index is 1.46. The molecule has 0 unspecified atom stereocenters. The quantitative estimate of drug-likeness (QED) is 0.655. The van der Waals surface area contributed by atoms with Gasteiger partial charge in [-0.1, -0.05) is 30.0 Å². The molecule has 0 saturated carbocycles. The lowest BCUT2D eigenvalue weighted by Gasteiger charge is -2.33. The van der Waals surface area contributed by atoms with E-state index in [2.05, 4.69) is 29.3 Å². The molecule has 6 nitrogen and oxygen atoms in total. The summed E-state index contributed by atoms with van der Waals surface area (Å²) >= 11 is 1.31. The van der Waals surface area contributed by atoms with Gasteiger partial charge in [0.25, 0.3) is 11.1 Å². The molecule has 0 spiro atoms. The fourth-order valence-corrected chi connectivity index (χ4v) is 4.19. The van der Waals surface area contributed by atoms with E-state index in [-0.39, 0.29) is 5.91 Å². The number of thioether (sulfide) groups is 1. The van der Waals surface area contributed by atoms with Crippen molar-refractivity contribution in [3.8, 4) is 11.6 Å². The first-order chi connectivity index (χ1) is 12.6. The van der Waals surface area contributed by atoms with E-state index in [0.717, 1.165) is 36.0 Å². The van der Waals surface area contributed by atoms with Gasteiger partial charge in [-0.15, -0.1) is 10.2 Å². The van der Waals surface area contributed by atoms with Crippen molar-refractivity contribution in [2.45, 2.75) is 37.5 Å². The Labute approximate surface area is 156 Å². The minimum absolute atomic E-state index is 0.145. The molecule has 1 aliphatic rings. The summed E-state index contributed by atoms with van der Waals surface area (Å²) in [6.45, 7) is 2.97. The summed E-state index contributed by atoms with van der Waals surface area (Å²) in [4.78, 5) is 14.4. The smallest absolute Gasteiger partial charge is 0.277 e. The van der Waals surface area contributed by atoms with Gasteiger partial charge < -0.3 is 13.9 Å². The van der Waals surface area contributed by atoms with E-state index >= 15 is 0 Å². The fourth-order valence-electron chi connectivity index (χ4n) is 3.54. The van der Waals surface area contributed by atoms with Gasteiger partial charge in [0, 0.05) is 30.5 Å². The highest BCUT2D eigenvalue weighted by Gasteiger charge is 2.24. The molecule has 26 heavy (non-hydrogen) atoms. The fraction of sp³-hybridized carbons (Fsp3) is 0.421. The number of nitrogens with zero attached hydrogens (tertiary/aromatic N) is 4. The van der Waals surface area contributed by atoms with E-state index in [1.807, 2.05) is 34.7 Å². The van der Waals surface area contributed by atoms with Crippen molar-refractivity contribution in [3.05, 3.63) is 30.3 Å². The molecule has 1 saturated heterocycles. The molecule has 1 amide bonds. The standard InChI is InChI=1S/C19H22N4O2S/c1-13-7-5-6-10-23(13)17(24)12-26-19-21-20-18(25-19)16-11-14-8-3-4-9-15(14)22(16)2/h3-4,8-9,11,13H,5-7,10,12H2,1-2H3/t13-/m1/s1. The van der Waals surface area contributed by atoms with Gasteiger partial charge in [-0.05, 0) is 38.3 Å². The second-order valence-electron chi connectivity index (χ2n) is 6.74. The molecule has 0 bridgehead atoms. The Bertz CT molecular complexity index is 933.